The summed E-state index contributed by atoms with van der Waals surface area (Å²) >= 11 is 0. The number of hydrazine groups is 1. The smallest absolute Gasteiger partial charge is 0.226 e. The van der Waals surface area contributed by atoms with Gasteiger partial charge in [-0.25, -0.2) is 17.7 Å². The van der Waals surface area contributed by atoms with Gasteiger partial charge in [-0.2, -0.15) is 0 Å². The summed E-state index contributed by atoms with van der Waals surface area (Å²) in [5.74, 6) is 2.09. The summed E-state index contributed by atoms with van der Waals surface area (Å²) in [6.07, 6.45) is 14.2. The zero-order valence-electron chi connectivity index (χ0n) is 23.2. The molecule has 5 aliphatic rings. The molecule has 3 heterocycles. The third-order valence-corrected chi connectivity index (χ3v) is 13.0. The third kappa shape index (κ3) is 6.37. The second kappa shape index (κ2) is 12.2. The Bertz CT molecular complexity index is 861. The van der Waals surface area contributed by atoms with E-state index in [9.17, 15) is 13.2 Å². The number of carbonyl (C=O) groups is 1. The Hall–Kier alpha value is -0.740. The maximum Gasteiger partial charge on any atom is 0.226 e. The standard InChI is InChI=1S/C28H51N5O3S/c1-31(2)24-8-10-25(11-9-24)37(35,36)32-15-12-22(13-16-32)23-14-17-33-27(18-23)26(20-30-33)28(34)29-19-21-6-4-3-5-7-21/h21-27,30H,3-20H2,1-2H3,(H,29,34). The Morgan fingerprint density at radius 3 is 2.24 bits per heavy atom. The first-order valence-corrected chi connectivity index (χ1v) is 16.8. The zero-order valence-corrected chi connectivity index (χ0v) is 24.1. The molecule has 3 aliphatic heterocycles. The van der Waals surface area contributed by atoms with E-state index < -0.39 is 10.0 Å². The van der Waals surface area contributed by atoms with Crippen molar-refractivity contribution in [1.82, 2.24) is 25.0 Å². The predicted octanol–water partition coefficient (Wildman–Crippen LogP) is 2.81. The van der Waals surface area contributed by atoms with Crippen molar-refractivity contribution in [3.05, 3.63) is 0 Å². The summed E-state index contributed by atoms with van der Waals surface area (Å²) in [6, 6.07) is 0.796. The number of nitrogens with zero attached hydrogens (tertiary/aromatic N) is 3. The summed E-state index contributed by atoms with van der Waals surface area (Å²) in [4.78, 5) is 15.4. The quantitative estimate of drug-likeness (QED) is 0.520. The molecule has 5 rings (SSSR count). The number of piperidine rings is 2. The van der Waals surface area contributed by atoms with Gasteiger partial charge in [0, 0.05) is 44.8 Å². The van der Waals surface area contributed by atoms with Crippen molar-refractivity contribution in [2.24, 2.45) is 23.7 Å². The number of hydrogen-bond acceptors (Lipinski definition) is 6. The summed E-state index contributed by atoms with van der Waals surface area (Å²) in [7, 11) is 1.00. The first kappa shape index (κ1) is 27.8. The SMILES string of the molecule is CN(C)C1CCC(S(=O)(=O)N2CCC(C3CCN4NCC(C(=O)NCC5CCCCC5)C4C3)CC2)CC1. The highest BCUT2D eigenvalue weighted by Crippen LogP contribution is 2.39. The Labute approximate surface area is 225 Å². The van der Waals surface area contributed by atoms with Crippen LogP contribution in [0.15, 0.2) is 0 Å². The highest BCUT2D eigenvalue weighted by atomic mass is 32.2. The van der Waals surface area contributed by atoms with E-state index in [-0.39, 0.29) is 23.1 Å². The van der Waals surface area contributed by atoms with Gasteiger partial charge in [0.15, 0.2) is 0 Å². The fourth-order valence-electron chi connectivity index (χ4n) is 8.09. The summed E-state index contributed by atoms with van der Waals surface area (Å²) in [5.41, 5.74) is 3.51. The average Bonchev–Trinajstić information content (AvgIpc) is 3.36. The van der Waals surface area contributed by atoms with Gasteiger partial charge in [-0.1, -0.05) is 19.3 Å². The van der Waals surface area contributed by atoms with E-state index in [1.54, 1.807) is 0 Å². The second-order valence-corrected chi connectivity index (χ2v) is 15.2. The van der Waals surface area contributed by atoms with Gasteiger partial charge in [0.1, 0.15) is 0 Å². The second-order valence-electron chi connectivity index (χ2n) is 12.9. The van der Waals surface area contributed by atoms with Gasteiger partial charge in [0.2, 0.25) is 15.9 Å². The van der Waals surface area contributed by atoms with Gasteiger partial charge >= 0.3 is 0 Å². The lowest BCUT2D eigenvalue weighted by Crippen LogP contribution is -2.50. The molecule has 0 bridgehead atoms. The molecule has 212 valence electrons. The molecule has 1 amide bonds. The minimum Gasteiger partial charge on any atom is -0.355 e. The van der Waals surface area contributed by atoms with Crippen LogP contribution in [-0.4, -0.2) is 92.7 Å². The lowest BCUT2D eigenvalue weighted by Gasteiger charge is -2.43. The molecular formula is C28H51N5O3S. The Morgan fingerprint density at radius 1 is 0.892 bits per heavy atom. The van der Waals surface area contributed by atoms with Crippen LogP contribution in [0.3, 0.4) is 0 Å². The Kier molecular flexibility index (Phi) is 9.17. The highest BCUT2D eigenvalue weighted by Gasteiger charge is 2.45. The molecule has 9 heteroatoms. The van der Waals surface area contributed by atoms with Gasteiger partial charge in [-0.3, -0.25) is 10.2 Å². The molecule has 37 heavy (non-hydrogen) atoms. The van der Waals surface area contributed by atoms with E-state index in [1.807, 2.05) is 4.31 Å². The lowest BCUT2D eigenvalue weighted by atomic mass is 9.75. The van der Waals surface area contributed by atoms with Crippen molar-refractivity contribution in [2.45, 2.75) is 101 Å². The van der Waals surface area contributed by atoms with Crippen LogP contribution in [0.4, 0.5) is 0 Å². The van der Waals surface area contributed by atoms with E-state index in [2.05, 4.69) is 34.7 Å². The number of hydrogen-bond donors (Lipinski definition) is 2. The summed E-state index contributed by atoms with van der Waals surface area (Å²) in [6.45, 7) is 3.94. The number of sulfonamides is 1. The maximum atomic E-state index is 13.4. The largest absolute Gasteiger partial charge is 0.355 e. The van der Waals surface area contributed by atoms with Gasteiger partial charge in [0.05, 0.1) is 11.2 Å². The van der Waals surface area contributed by atoms with E-state index in [0.717, 1.165) is 71.0 Å². The molecule has 2 saturated carbocycles. The van der Waals surface area contributed by atoms with Crippen LogP contribution in [0.25, 0.3) is 0 Å². The molecular weight excluding hydrogens is 486 g/mol. The van der Waals surface area contributed by atoms with Crippen molar-refractivity contribution >= 4 is 15.9 Å². The molecule has 2 N–H and O–H groups in total. The van der Waals surface area contributed by atoms with Crippen molar-refractivity contribution < 1.29 is 13.2 Å². The first-order valence-electron chi connectivity index (χ1n) is 15.3. The van der Waals surface area contributed by atoms with Gasteiger partial charge in [-0.15, -0.1) is 0 Å². The van der Waals surface area contributed by atoms with Crippen molar-refractivity contribution in [3.8, 4) is 0 Å². The molecule has 8 nitrogen and oxygen atoms in total. The minimum atomic E-state index is -3.19. The minimum absolute atomic E-state index is 0.0316. The Morgan fingerprint density at radius 2 is 1.57 bits per heavy atom. The van der Waals surface area contributed by atoms with Gasteiger partial charge in [-0.05, 0) is 96.1 Å². The molecule has 0 radical (unpaired) electrons. The van der Waals surface area contributed by atoms with E-state index in [4.69, 9.17) is 0 Å². The predicted molar refractivity (Wildman–Crippen MR) is 147 cm³/mol. The van der Waals surface area contributed by atoms with Crippen molar-refractivity contribution in [3.63, 3.8) is 0 Å². The van der Waals surface area contributed by atoms with Crippen molar-refractivity contribution in [1.29, 1.82) is 0 Å². The fourth-order valence-corrected chi connectivity index (χ4v) is 10.1. The number of carbonyl (C=O) groups excluding carboxylic acids is 1. The Balaban J connectivity index is 1.10. The molecule has 0 aromatic rings. The maximum absolute atomic E-state index is 13.4. The van der Waals surface area contributed by atoms with E-state index >= 15 is 0 Å². The van der Waals surface area contributed by atoms with Crippen LogP contribution >= 0.6 is 0 Å². The van der Waals surface area contributed by atoms with Crippen LogP contribution in [0.1, 0.15) is 83.5 Å². The lowest BCUT2D eigenvalue weighted by molar-refractivity contribution is -0.126. The number of nitrogens with one attached hydrogen (secondary N) is 2. The van der Waals surface area contributed by atoms with E-state index in [0.29, 0.717) is 36.9 Å². The van der Waals surface area contributed by atoms with Crippen LogP contribution in [0.2, 0.25) is 0 Å². The van der Waals surface area contributed by atoms with Crippen LogP contribution < -0.4 is 10.7 Å². The molecule has 2 aliphatic carbocycles. The highest BCUT2D eigenvalue weighted by molar-refractivity contribution is 7.89. The molecule has 3 atom stereocenters. The van der Waals surface area contributed by atoms with Crippen LogP contribution in [0.5, 0.6) is 0 Å². The topological polar surface area (TPSA) is 85.0 Å². The van der Waals surface area contributed by atoms with Crippen LogP contribution in [0, 0.1) is 23.7 Å². The average molecular weight is 538 g/mol. The first-order chi connectivity index (χ1) is 17.8. The molecule has 0 aromatic heterocycles. The molecule has 0 spiro atoms. The molecule has 0 aromatic carbocycles. The summed E-state index contributed by atoms with van der Waals surface area (Å²) in [5, 5.41) is 5.43. The van der Waals surface area contributed by atoms with E-state index in [1.165, 1.54) is 32.1 Å². The summed E-state index contributed by atoms with van der Waals surface area (Å²) < 4.78 is 28.6. The molecule has 5 fully saturated rings. The number of rotatable bonds is 7. The van der Waals surface area contributed by atoms with Gasteiger partial charge < -0.3 is 10.2 Å². The number of fused-ring (bicyclic) bond motifs is 1. The molecule has 3 unspecified atom stereocenters. The number of amides is 1. The normalized spacial score (nSPS) is 35.5. The molecule has 3 saturated heterocycles. The third-order valence-electron chi connectivity index (χ3n) is 10.6. The fraction of sp³-hybridized carbons (Fsp3) is 0.964. The van der Waals surface area contributed by atoms with Crippen molar-refractivity contribution in [2.75, 3.05) is 46.8 Å². The van der Waals surface area contributed by atoms with Crippen LogP contribution in [-0.2, 0) is 14.8 Å². The monoisotopic (exact) mass is 537 g/mol. The van der Waals surface area contributed by atoms with Gasteiger partial charge in [0.25, 0.3) is 0 Å². The zero-order chi connectivity index (χ0) is 26.0.